The van der Waals surface area contributed by atoms with Crippen LogP contribution in [0.2, 0.25) is 0 Å². The van der Waals surface area contributed by atoms with Crippen molar-refractivity contribution in [2.45, 2.75) is 71.9 Å². The number of imidazole rings is 2. The van der Waals surface area contributed by atoms with E-state index in [0.717, 1.165) is 24.0 Å². The third-order valence-electron chi connectivity index (χ3n) is 13.7. The van der Waals surface area contributed by atoms with Crippen molar-refractivity contribution in [2.75, 3.05) is 49.6 Å². The molecule has 0 saturated carbocycles. The number of carboxylic acid groups (broad SMARTS) is 3. The van der Waals surface area contributed by atoms with Gasteiger partial charge < -0.3 is 58.5 Å². The SMILES string of the molecule is C.O=C(O)CN(Cc1nc2ccc(C(=O)O)cc2n1C[C@@H]1CCO1)C(=O)CNc1cccc(OCc2ccccc2)n1.O=C(O)c1ccc2nc(CN3CC(=O)N(c4cccc(OCc5ccccc5)n4)CC3=O)n(C[C@@H]3CCO3)c2c1. The molecule has 0 radical (unpaired) electrons. The molecular weight excluding hydrogens is 1060 g/mol. The van der Waals surface area contributed by atoms with Crippen molar-refractivity contribution in [1.29, 1.82) is 0 Å². The van der Waals surface area contributed by atoms with Crippen LogP contribution in [0.4, 0.5) is 11.6 Å². The van der Waals surface area contributed by atoms with E-state index in [2.05, 4.69) is 25.3 Å². The number of aromatic nitrogens is 6. The van der Waals surface area contributed by atoms with Gasteiger partial charge in [0, 0.05) is 25.3 Å². The molecule has 23 nitrogen and oxygen atoms in total. The van der Waals surface area contributed by atoms with Gasteiger partial charge in [0.25, 0.3) is 0 Å². The number of ether oxygens (including phenoxy) is 4. The molecule has 0 unspecified atom stereocenters. The predicted octanol–water partition coefficient (Wildman–Crippen LogP) is 6.53. The predicted molar refractivity (Wildman–Crippen MR) is 298 cm³/mol. The number of fused-ring (bicyclic) bond motifs is 2. The molecule has 0 spiro atoms. The number of carbonyl (C=O) groups is 6. The number of pyridine rings is 2. The lowest BCUT2D eigenvalue weighted by Crippen LogP contribution is -2.54. The second-order valence-electron chi connectivity index (χ2n) is 19.3. The first kappa shape index (κ1) is 57.0. The number of aliphatic carboxylic acids is 1. The Morgan fingerprint density at radius 2 is 1.16 bits per heavy atom. The molecule has 3 saturated heterocycles. The number of hydrogen-bond acceptors (Lipinski definition) is 15. The van der Waals surface area contributed by atoms with E-state index < -0.39 is 30.4 Å². The summed E-state index contributed by atoms with van der Waals surface area (Å²) in [4.78, 5) is 96.5. The molecule has 424 valence electrons. The highest BCUT2D eigenvalue weighted by atomic mass is 16.5. The fourth-order valence-corrected chi connectivity index (χ4v) is 9.24. The lowest BCUT2D eigenvalue weighted by Gasteiger charge is -2.33. The molecule has 0 aliphatic carbocycles. The van der Waals surface area contributed by atoms with Crippen molar-refractivity contribution in [3.05, 3.63) is 167 Å². The Morgan fingerprint density at radius 3 is 1.70 bits per heavy atom. The lowest BCUT2D eigenvalue weighted by atomic mass is 10.1. The van der Waals surface area contributed by atoms with E-state index in [1.54, 1.807) is 59.2 Å². The van der Waals surface area contributed by atoms with Gasteiger partial charge >= 0.3 is 17.9 Å². The third kappa shape index (κ3) is 14.0. The average Bonchev–Trinajstić information content (AvgIpc) is 3.65. The Morgan fingerprint density at radius 1 is 0.622 bits per heavy atom. The van der Waals surface area contributed by atoms with Gasteiger partial charge in [0.2, 0.25) is 29.5 Å². The minimum atomic E-state index is -1.18. The summed E-state index contributed by atoms with van der Waals surface area (Å²) in [5.41, 5.74) is 4.62. The van der Waals surface area contributed by atoms with E-state index in [1.165, 1.54) is 32.9 Å². The Hall–Kier alpha value is -9.74. The Balaban J connectivity index is 0.000000195. The Labute approximate surface area is 470 Å². The van der Waals surface area contributed by atoms with Gasteiger partial charge in [-0.25, -0.2) is 19.6 Å². The molecule has 3 aliphatic rings. The van der Waals surface area contributed by atoms with Crippen LogP contribution in [-0.2, 0) is 68.0 Å². The normalized spacial score (nSPS) is 15.6. The number of piperazine rings is 1. The number of aromatic carboxylic acids is 2. The van der Waals surface area contributed by atoms with Crippen LogP contribution in [0.25, 0.3) is 22.1 Å². The molecule has 7 heterocycles. The molecule has 3 aliphatic heterocycles. The highest BCUT2D eigenvalue weighted by Gasteiger charge is 2.34. The van der Waals surface area contributed by atoms with Crippen molar-refractivity contribution in [3.8, 4) is 11.8 Å². The fourth-order valence-electron chi connectivity index (χ4n) is 9.24. The standard InChI is InChI=1S/C29H29N5O7.C29H27N5O6.CH4/c35-27(14-30-24-7-4-8-26(32-24)41-18-19-5-2-1-3-6-19)33(17-28(36)37)16-25-31-22-10-9-20(29(38)39)13-23(22)34(25)15-21-11-12-40-21;35-27-17-34(24-7-4-8-26(31-24)40-18-19-5-2-1-3-6-19)28(36)16-32(27)15-25-30-22-10-9-20(29(37)38)13-23(22)33(25)14-21-11-12-39-21;/h1-10,13,21H,11-12,14-18H2,(H,30,32)(H,36,37)(H,38,39);1-10,13,21H,11-12,14-18H2,(H,37,38);1H4/t2*21-;/m00./s1. The smallest absolute Gasteiger partial charge is 0.335 e. The molecular formula is C59H60N10O13. The zero-order valence-electron chi connectivity index (χ0n) is 43.7. The van der Waals surface area contributed by atoms with Gasteiger partial charge in [-0.05, 0) is 72.5 Å². The number of benzene rings is 4. The van der Waals surface area contributed by atoms with Gasteiger partial charge in [-0.1, -0.05) is 80.2 Å². The van der Waals surface area contributed by atoms with E-state index in [4.69, 9.17) is 18.9 Å². The molecule has 4 N–H and O–H groups in total. The molecule has 8 aromatic rings. The topological polar surface area (TPSA) is 283 Å². The van der Waals surface area contributed by atoms with E-state index in [1.807, 2.05) is 65.2 Å². The molecule has 3 amide bonds. The maximum absolute atomic E-state index is 13.2. The average molecular weight is 1120 g/mol. The quantitative estimate of drug-likeness (QED) is 0.0561. The molecule has 82 heavy (non-hydrogen) atoms. The van der Waals surface area contributed by atoms with Crippen LogP contribution in [0, 0.1) is 0 Å². The number of amides is 3. The lowest BCUT2D eigenvalue weighted by molar-refractivity contribution is -0.144. The van der Waals surface area contributed by atoms with Crippen LogP contribution in [0.5, 0.6) is 11.8 Å². The number of carbonyl (C=O) groups excluding carboxylic acids is 3. The van der Waals surface area contributed by atoms with Crippen LogP contribution in [0.1, 0.15) is 63.8 Å². The first-order chi connectivity index (χ1) is 39.3. The minimum absolute atomic E-state index is 0. The number of carboxylic acids is 3. The van der Waals surface area contributed by atoms with Crippen molar-refractivity contribution < 1.29 is 63.0 Å². The van der Waals surface area contributed by atoms with Crippen LogP contribution in [-0.4, -0.2) is 141 Å². The maximum atomic E-state index is 13.2. The minimum Gasteiger partial charge on any atom is -0.480 e. The molecule has 11 rings (SSSR count). The molecule has 4 aromatic heterocycles. The first-order valence-electron chi connectivity index (χ1n) is 26.1. The number of nitrogens with zero attached hydrogens (tertiary/aromatic N) is 9. The molecule has 2 atom stereocenters. The number of nitrogens with one attached hydrogen (secondary N) is 1. The zero-order chi connectivity index (χ0) is 56.4. The summed E-state index contributed by atoms with van der Waals surface area (Å²) in [5.74, 6) is -1.80. The summed E-state index contributed by atoms with van der Waals surface area (Å²) in [6, 6.07) is 38.9. The summed E-state index contributed by atoms with van der Waals surface area (Å²) in [5, 5.41) is 31.4. The van der Waals surface area contributed by atoms with Crippen molar-refractivity contribution in [1.82, 2.24) is 38.9 Å². The summed E-state index contributed by atoms with van der Waals surface area (Å²) in [6.45, 7) is 1.82. The highest BCUT2D eigenvalue weighted by molar-refractivity contribution is 6.04. The van der Waals surface area contributed by atoms with Crippen LogP contribution in [0.3, 0.4) is 0 Å². The van der Waals surface area contributed by atoms with Gasteiger partial charge in [0.15, 0.2) is 0 Å². The number of hydrogen-bond donors (Lipinski definition) is 4. The number of rotatable bonds is 22. The van der Waals surface area contributed by atoms with Gasteiger partial charge in [-0.2, -0.15) is 9.97 Å². The van der Waals surface area contributed by atoms with E-state index >= 15 is 0 Å². The van der Waals surface area contributed by atoms with Crippen LogP contribution < -0.4 is 19.7 Å². The van der Waals surface area contributed by atoms with Gasteiger partial charge in [-0.15, -0.1) is 0 Å². The van der Waals surface area contributed by atoms with E-state index in [-0.39, 0.29) is 75.3 Å². The maximum Gasteiger partial charge on any atom is 0.335 e. The largest absolute Gasteiger partial charge is 0.480 e. The second-order valence-corrected chi connectivity index (χ2v) is 19.3. The van der Waals surface area contributed by atoms with Gasteiger partial charge in [0.05, 0.1) is 78.1 Å². The summed E-state index contributed by atoms with van der Waals surface area (Å²) in [7, 11) is 0. The van der Waals surface area contributed by atoms with Crippen molar-refractivity contribution in [2.24, 2.45) is 0 Å². The first-order valence-corrected chi connectivity index (χ1v) is 26.1. The highest BCUT2D eigenvalue weighted by Crippen LogP contribution is 2.27. The van der Waals surface area contributed by atoms with Crippen LogP contribution in [0.15, 0.2) is 133 Å². The third-order valence-corrected chi connectivity index (χ3v) is 13.7. The molecule has 23 heteroatoms. The summed E-state index contributed by atoms with van der Waals surface area (Å²) >= 11 is 0. The summed E-state index contributed by atoms with van der Waals surface area (Å²) < 4.78 is 26.4. The fraction of sp³-hybridized carbons (Fsp3) is 0.288. The van der Waals surface area contributed by atoms with Crippen LogP contribution >= 0.6 is 0 Å². The van der Waals surface area contributed by atoms with E-state index in [0.29, 0.717) is 96.6 Å². The van der Waals surface area contributed by atoms with Crippen molar-refractivity contribution in [3.63, 3.8) is 0 Å². The second kappa shape index (κ2) is 26.0. The Bertz CT molecular complexity index is 3610. The zero-order valence-corrected chi connectivity index (χ0v) is 43.7. The summed E-state index contributed by atoms with van der Waals surface area (Å²) in [6.07, 6.45) is 1.63. The molecule has 4 aromatic carbocycles. The number of anilines is 2. The Kier molecular flexibility index (Phi) is 18.1. The van der Waals surface area contributed by atoms with Gasteiger partial charge in [-0.3, -0.25) is 24.1 Å². The molecule has 3 fully saturated rings. The van der Waals surface area contributed by atoms with E-state index in [9.17, 15) is 44.1 Å². The molecule has 0 bridgehead atoms. The van der Waals surface area contributed by atoms with Gasteiger partial charge in [0.1, 0.15) is 56.1 Å². The van der Waals surface area contributed by atoms with Crippen molar-refractivity contribution >= 4 is 69.3 Å². The monoisotopic (exact) mass is 1120 g/mol.